The SMILES string of the molecule is C=C(CCCC)C1=NC(C(C)C)C(=O)O1. The Labute approximate surface area is 91.2 Å². The second kappa shape index (κ2) is 5.10. The van der Waals surface area contributed by atoms with Gasteiger partial charge >= 0.3 is 5.97 Å². The van der Waals surface area contributed by atoms with Crippen molar-refractivity contribution in [2.75, 3.05) is 0 Å². The molecule has 1 aliphatic rings. The first-order valence-electron chi connectivity index (χ1n) is 5.54. The molecular formula is C12H19NO2. The number of hydrogen-bond acceptors (Lipinski definition) is 3. The lowest BCUT2D eigenvalue weighted by molar-refractivity contribution is -0.135. The zero-order valence-electron chi connectivity index (χ0n) is 9.75. The number of nitrogens with zero attached hydrogens (tertiary/aromatic N) is 1. The van der Waals surface area contributed by atoms with Crippen LogP contribution in [0.1, 0.15) is 40.0 Å². The first-order chi connectivity index (χ1) is 7.06. The monoisotopic (exact) mass is 209 g/mol. The number of aliphatic imine (C=N–C) groups is 1. The third-order valence-electron chi connectivity index (χ3n) is 2.46. The molecule has 1 atom stereocenters. The summed E-state index contributed by atoms with van der Waals surface area (Å²) in [4.78, 5) is 15.7. The predicted octanol–water partition coefficient (Wildman–Crippen LogP) is 2.71. The Morgan fingerprint density at radius 1 is 1.60 bits per heavy atom. The number of hydrogen-bond donors (Lipinski definition) is 0. The number of carbonyl (C=O) groups is 1. The Morgan fingerprint density at radius 2 is 2.27 bits per heavy atom. The van der Waals surface area contributed by atoms with Crippen molar-refractivity contribution in [3.8, 4) is 0 Å². The van der Waals surface area contributed by atoms with E-state index in [0.29, 0.717) is 5.90 Å². The molecule has 1 heterocycles. The normalized spacial score (nSPS) is 20.4. The zero-order valence-corrected chi connectivity index (χ0v) is 9.75. The Kier molecular flexibility index (Phi) is 4.06. The number of esters is 1. The standard InChI is InChI=1S/C12H19NO2/c1-5-6-7-9(4)11-13-10(8(2)3)12(14)15-11/h8,10H,4-7H2,1-3H3. The average molecular weight is 209 g/mol. The molecule has 1 rings (SSSR count). The van der Waals surface area contributed by atoms with Gasteiger partial charge in [0.1, 0.15) is 0 Å². The van der Waals surface area contributed by atoms with Crippen LogP contribution in [0.5, 0.6) is 0 Å². The van der Waals surface area contributed by atoms with Gasteiger partial charge in [-0.3, -0.25) is 0 Å². The first kappa shape index (κ1) is 12.0. The molecule has 84 valence electrons. The highest BCUT2D eigenvalue weighted by molar-refractivity contribution is 6.05. The van der Waals surface area contributed by atoms with Gasteiger partial charge in [-0.25, -0.2) is 9.79 Å². The van der Waals surface area contributed by atoms with Gasteiger partial charge < -0.3 is 4.74 Å². The van der Waals surface area contributed by atoms with Gasteiger partial charge in [0.2, 0.25) is 5.90 Å². The fourth-order valence-corrected chi connectivity index (χ4v) is 1.44. The topological polar surface area (TPSA) is 38.7 Å². The summed E-state index contributed by atoms with van der Waals surface area (Å²) in [5.41, 5.74) is 0.841. The molecule has 0 amide bonds. The van der Waals surface area contributed by atoms with E-state index in [1.165, 1.54) is 0 Å². The minimum absolute atomic E-state index is 0.189. The fourth-order valence-electron chi connectivity index (χ4n) is 1.44. The van der Waals surface area contributed by atoms with Gasteiger partial charge in [-0.15, -0.1) is 0 Å². The minimum Gasteiger partial charge on any atom is -0.406 e. The molecule has 0 bridgehead atoms. The van der Waals surface area contributed by atoms with Crippen LogP contribution < -0.4 is 0 Å². The van der Waals surface area contributed by atoms with Gasteiger partial charge in [0, 0.05) is 5.57 Å². The third-order valence-corrected chi connectivity index (χ3v) is 2.46. The largest absolute Gasteiger partial charge is 0.406 e. The molecule has 0 saturated carbocycles. The van der Waals surface area contributed by atoms with Gasteiger partial charge in [0.25, 0.3) is 0 Å². The van der Waals surface area contributed by atoms with Gasteiger partial charge in [0.15, 0.2) is 6.04 Å². The zero-order chi connectivity index (χ0) is 11.4. The van der Waals surface area contributed by atoms with Crippen LogP contribution in [0, 0.1) is 5.92 Å². The van der Waals surface area contributed by atoms with Gasteiger partial charge in [-0.2, -0.15) is 0 Å². The van der Waals surface area contributed by atoms with Crippen LogP contribution in [0.4, 0.5) is 0 Å². The van der Waals surface area contributed by atoms with Crippen molar-refractivity contribution in [3.05, 3.63) is 12.2 Å². The lowest BCUT2D eigenvalue weighted by Crippen LogP contribution is -2.20. The number of cyclic esters (lactones) is 1. The Hall–Kier alpha value is -1.12. The van der Waals surface area contributed by atoms with Crippen molar-refractivity contribution in [1.29, 1.82) is 0 Å². The molecule has 15 heavy (non-hydrogen) atoms. The fraction of sp³-hybridized carbons (Fsp3) is 0.667. The summed E-state index contributed by atoms with van der Waals surface area (Å²) in [6, 6.07) is -0.335. The molecule has 3 heteroatoms. The summed E-state index contributed by atoms with van der Waals surface area (Å²) >= 11 is 0. The van der Waals surface area contributed by atoms with Crippen LogP contribution in [0.25, 0.3) is 0 Å². The van der Waals surface area contributed by atoms with Crippen molar-refractivity contribution in [1.82, 2.24) is 0 Å². The van der Waals surface area contributed by atoms with Crippen LogP contribution in [0.3, 0.4) is 0 Å². The van der Waals surface area contributed by atoms with E-state index in [2.05, 4.69) is 18.5 Å². The highest BCUT2D eigenvalue weighted by atomic mass is 16.6. The minimum atomic E-state index is -0.335. The second-order valence-electron chi connectivity index (χ2n) is 4.25. The molecule has 0 spiro atoms. The van der Waals surface area contributed by atoms with E-state index in [1.54, 1.807) is 0 Å². The molecule has 0 N–H and O–H groups in total. The molecule has 1 unspecified atom stereocenters. The average Bonchev–Trinajstić information content (AvgIpc) is 2.56. The summed E-state index contributed by atoms with van der Waals surface area (Å²) in [5, 5.41) is 0. The Morgan fingerprint density at radius 3 is 2.73 bits per heavy atom. The number of carbonyl (C=O) groups excluding carboxylic acids is 1. The van der Waals surface area contributed by atoms with E-state index in [1.807, 2.05) is 13.8 Å². The third kappa shape index (κ3) is 2.91. The van der Waals surface area contributed by atoms with Crippen LogP contribution in [-0.2, 0) is 9.53 Å². The van der Waals surface area contributed by atoms with E-state index in [-0.39, 0.29) is 17.9 Å². The van der Waals surface area contributed by atoms with Gasteiger partial charge in [-0.05, 0) is 18.8 Å². The summed E-state index contributed by atoms with van der Waals surface area (Å²) < 4.78 is 5.11. The molecule has 0 radical (unpaired) electrons. The molecule has 0 saturated heterocycles. The maximum atomic E-state index is 11.4. The van der Waals surface area contributed by atoms with Crippen LogP contribution >= 0.6 is 0 Å². The first-order valence-corrected chi connectivity index (χ1v) is 5.54. The van der Waals surface area contributed by atoms with Crippen molar-refractivity contribution in [3.63, 3.8) is 0 Å². The van der Waals surface area contributed by atoms with Crippen LogP contribution in [-0.4, -0.2) is 17.9 Å². The number of unbranched alkanes of at least 4 members (excludes halogenated alkanes) is 1. The molecule has 0 fully saturated rings. The molecular weight excluding hydrogens is 190 g/mol. The molecule has 0 aromatic rings. The lowest BCUT2D eigenvalue weighted by atomic mass is 10.1. The van der Waals surface area contributed by atoms with Gasteiger partial charge in [-0.1, -0.05) is 33.8 Å². The van der Waals surface area contributed by atoms with Crippen LogP contribution in [0.15, 0.2) is 17.1 Å². The van der Waals surface area contributed by atoms with E-state index >= 15 is 0 Å². The maximum Gasteiger partial charge on any atom is 0.337 e. The van der Waals surface area contributed by atoms with Gasteiger partial charge in [0.05, 0.1) is 0 Å². The van der Waals surface area contributed by atoms with Crippen molar-refractivity contribution >= 4 is 11.9 Å². The van der Waals surface area contributed by atoms with Crippen LogP contribution in [0.2, 0.25) is 0 Å². The summed E-state index contributed by atoms with van der Waals surface area (Å²) in [7, 11) is 0. The quantitative estimate of drug-likeness (QED) is 0.653. The van der Waals surface area contributed by atoms with Crippen molar-refractivity contribution < 1.29 is 9.53 Å². The molecule has 0 aliphatic carbocycles. The highest BCUT2D eigenvalue weighted by Crippen LogP contribution is 2.20. The number of rotatable bonds is 5. The maximum absolute atomic E-state index is 11.4. The van der Waals surface area contributed by atoms with E-state index in [9.17, 15) is 4.79 Å². The summed E-state index contributed by atoms with van der Waals surface area (Å²) in [6.07, 6.45) is 3.02. The summed E-state index contributed by atoms with van der Waals surface area (Å²) in [5.74, 6) is 0.402. The number of ether oxygens (including phenoxy) is 1. The Bertz CT molecular complexity index is 292. The second-order valence-corrected chi connectivity index (χ2v) is 4.25. The molecule has 1 aliphatic heterocycles. The van der Waals surface area contributed by atoms with Crippen molar-refractivity contribution in [2.45, 2.75) is 46.1 Å². The lowest BCUT2D eigenvalue weighted by Gasteiger charge is -2.04. The smallest absolute Gasteiger partial charge is 0.337 e. The molecule has 0 aromatic heterocycles. The van der Waals surface area contributed by atoms with E-state index < -0.39 is 0 Å². The van der Waals surface area contributed by atoms with E-state index in [0.717, 1.165) is 24.8 Å². The Balaban J connectivity index is 2.61. The summed E-state index contributed by atoms with van der Waals surface area (Å²) in [6.45, 7) is 9.94. The molecule has 3 nitrogen and oxygen atoms in total. The highest BCUT2D eigenvalue weighted by Gasteiger charge is 2.32. The van der Waals surface area contributed by atoms with Crippen molar-refractivity contribution in [2.24, 2.45) is 10.9 Å². The predicted molar refractivity (Wildman–Crippen MR) is 60.8 cm³/mol. The van der Waals surface area contributed by atoms with E-state index in [4.69, 9.17) is 4.74 Å². The molecule has 0 aromatic carbocycles.